The lowest BCUT2D eigenvalue weighted by molar-refractivity contribution is 0.271. The molecule has 0 N–H and O–H groups in total. The smallest absolute Gasteiger partial charge is 0.119 e. The fraction of sp³-hybridized carbons (Fsp3) is 0.308. The lowest BCUT2D eigenvalue weighted by atomic mass is 10.1. The monoisotopic (exact) mass is 466 g/mol. The van der Waals surface area contributed by atoms with E-state index in [2.05, 4.69) is 110 Å². The molecule has 0 atom stereocenters. The molecule has 3 heteroatoms. The number of hydrogen-bond donors (Lipinski definition) is 0. The van der Waals surface area contributed by atoms with Gasteiger partial charge in [0.25, 0.3) is 0 Å². The van der Waals surface area contributed by atoms with E-state index in [0.717, 1.165) is 16.8 Å². The lowest BCUT2D eigenvalue weighted by Gasteiger charge is -2.31. The summed E-state index contributed by atoms with van der Waals surface area (Å²) in [6, 6.07) is 29.1. The van der Waals surface area contributed by atoms with Crippen molar-refractivity contribution in [2.75, 3.05) is 6.61 Å². The molecule has 0 unspecified atom stereocenters. The molecule has 152 valence electrons. The minimum atomic E-state index is -1.72. The summed E-state index contributed by atoms with van der Waals surface area (Å²) < 4.78 is 7.06. The van der Waals surface area contributed by atoms with Crippen LogP contribution in [0.3, 0.4) is 0 Å². The van der Waals surface area contributed by atoms with Crippen molar-refractivity contribution in [1.82, 2.24) is 0 Å². The van der Waals surface area contributed by atoms with E-state index in [1.54, 1.807) is 0 Å². The van der Waals surface area contributed by atoms with E-state index >= 15 is 0 Å². The topological polar surface area (TPSA) is 9.23 Å². The molecule has 1 nitrogen and oxygen atoms in total. The third kappa shape index (κ3) is 5.02. The number of hydrogen-bond acceptors (Lipinski definition) is 1. The summed E-state index contributed by atoms with van der Waals surface area (Å²) in [6.45, 7) is 9.79. The van der Waals surface area contributed by atoms with E-state index in [0.29, 0.717) is 5.92 Å². The highest BCUT2D eigenvalue weighted by Gasteiger charge is 2.33. The lowest BCUT2D eigenvalue weighted by Crippen LogP contribution is -2.57. The molecule has 29 heavy (non-hydrogen) atoms. The van der Waals surface area contributed by atoms with E-state index in [9.17, 15) is 0 Å². The Bertz CT molecular complexity index is 912. The maximum Gasteiger partial charge on any atom is 0.119 e. The van der Waals surface area contributed by atoms with Gasteiger partial charge in [-0.15, -0.1) is 0 Å². The fourth-order valence-electron chi connectivity index (χ4n) is 4.01. The maximum atomic E-state index is 5.91. The Hall–Kier alpha value is -1.84. The molecule has 3 rings (SSSR count). The Morgan fingerprint density at radius 2 is 1.38 bits per heavy atom. The molecule has 0 aliphatic rings. The van der Waals surface area contributed by atoms with Crippen molar-refractivity contribution in [3.63, 3.8) is 0 Å². The summed E-state index contributed by atoms with van der Waals surface area (Å²) >= 11 is 3.58. The zero-order chi connectivity index (χ0) is 20.9. The molecule has 0 saturated carbocycles. The average molecular weight is 468 g/mol. The van der Waals surface area contributed by atoms with Crippen LogP contribution in [-0.2, 0) is 0 Å². The first-order chi connectivity index (χ1) is 14.0. The van der Waals surface area contributed by atoms with Crippen LogP contribution in [-0.4, -0.2) is 14.7 Å². The number of ether oxygens (including phenoxy) is 1. The van der Waals surface area contributed by atoms with Crippen molar-refractivity contribution in [3.8, 4) is 16.9 Å². The van der Waals surface area contributed by atoms with Gasteiger partial charge in [0.05, 0.1) is 6.61 Å². The molecule has 0 spiro atoms. The second-order valence-electron chi connectivity index (χ2n) is 8.11. The molecule has 3 aromatic rings. The first-order valence-electron chi connectivity index (χ1n) is 10.6. The van der Waals surface area contributed by atoms with E-state index in [1.165, 1.54) is 33.6 Å². The standard InChI is InChI=1S/C26H31BrOSi/c1-5-29(6-2,26-16-12-23(27)13-17-26)25-14-10-21(11-15-25)22-8-7-9-24(18-22)28-19-20(3)4/h7-18,20H,5-6,19H2,1-4H3. The van der Waals surface area contributed by atoms with Crippen LogP contribution < -0.4 is 15.1 Å². The van der Waals surface area contributed by atoms with Crippen LogP contribution in [0, 0.1) is 5.92 Å². The highest BCUT2D eigenvalue weighted by Crippen LogP contribution is 2.25. The minimum absolute atomic E-state index is 0.526. The highest BCUT2D eigenvalue weighted by atomic mass is 79.9. The van der Waals surface area contributed by atoms with Crippen molar-refractivity contribution in [1.29, 1.82) is 0 Å². The first kappa shape index (κ1) is 21.9. The average Bonchev–Trinajstić information content (AvgIpc) is 2.75. The molecule has 3 aromatic carbocycles. The molecule has 0 fully saturated rings. The first-order valence-corrected chi connectivity index (χ1v) is 13.8. The van der Waals surface area contributed by atoms with Gasteiger partial charge in [-0.3, -0.25) is 0 Å². The second-order valence-corrected chi connectivity index (χ2v) is 13.8. The normalized spacial score (nSPS) is 11.7. The molecule has 0 heterocycles. The van der Waals surface area contributed by atoms with Gasteiger partial charge in [-0.1, -0.05) is 115 Å². The maximum absolute atomic E-state index is 5.91. The van der Waals surface area contributed by atoms with Crippen LogP contribution in [0.25, 0.3) is 11.1 Å². The van der Waals surface area contributed by atoms with Crippen molar-refractivity contribution < 1.29 is 4.74 Å². The third-order valence-corrected chi connectivity index (χ3v) is 11.6. The number of benzene rings is 3. The van der Waals surface area contributed by atoms with E-state index in [4.69, 9.17) is 4.74 Å². The molecule has 0 bridgehead atoms. The van der Waals surface area contributed by atoms with Crippen LogP contribution in [0.4, 0.5) is 0 Å². The van der Waals surface area contributed by atoms with Gasteiger partial charge in [0.15, 0.2) is 0 Å². The van der Waals surface area contributed by atoms with Crippen LogP contribution in [0.15, 0.2) is 77.3 Å². The molecular formula is C26H31BrOSi. The van der Waals surface area contributed by atoms with Crippen LogP contribution in [0.2, 0.25) is 12.1 Å². The molecule has 0 radical (unpaired) electrons. The number of halogens is 1. The van der Waals surface area contributed by atoms with Gasteiger partial charge in [-0.25, -0.2) is 0 Å². The molecular weight excluding hydrogens is 436 g/mol. The van der Waals surface area contributed by atoms with Crippen molar-refractivity contribution in [3.05, 3.63) is 77.3 Å². The van der Waals surface area contributed by atoms with Crippen LogP contribution >= 0.6 is 15.9 Å². The molecule has 0 aliphatic carbocycles. The Morgan fingerprint density at radius 3 is 1.93 bits per heavy atom. The molecule has 0 aromatic heterocycles. The minimum Gasteiger partial charge on any atom is -0.493 e. The predicted molar refractivity (Wildman–Crippen MR) is 132 cm³/mol. The Morgan fingerprint density at radius 1 is 0.793 bits per heavy atom. The van der Waals surface area contributed by atoms with Crippen LogP contribution in [0.1, 0.15) is 27.7 Å². The van der Waals surface area contributed by atoms with Gasteiger partial charge in [-0.05, 0) is 41.3 Å². The molecule has 0 aliphatic heterocycles. The molecule has 0 saturated heterocycles. The largest absolute Gasteiger partial charge is 0.493 e. The van der Waals surface area contributed by atoms with Crippen molar-refractivity contribution in [2.24, 2.45) is 5.92 Å². The van der Waals surface area contributed by atoms with Crippen LogP contribution in [0.5, 0.6) is 5.75 Å². The quantitative estimate of drug-likeness (QED) is 0.333. The van der Waals surface area contributed by atoms with Crippen molar-refractivity contribution >= 4 is 34.4 Å². The summed E-state index contributed by atoms with van der Waals surface area (Å²) in [6.07, 6.45) is 0. The van der Waals surface area contributed by atoms with Crippen molar-refractivity contribution in [2.45, 2.75) is 39.8 Å². The summed E-state index contributed by atoms with van der Waals surface area (Å²) in [4.78, 5) is 0. The van der Waals surface area contributed by atoms with Gasteiger partial charge in [-0.2, -0.15) is 0 Å². The van der Waals surface area contributed by atoms with Gasteiger partial charge in [0.1, 0.15) is 13.8 Å². The third-order valence-electron chi connectivity index (χ3n) is 5.79. The zero-order valence-electron chi connectivity index (χ0n) is 17.9. The van der Waals surface area contributed by atoms with Gasteiger partial charge < -0.3 is 4.74 Å². The fourth-order valence-corrected chi connectivity index (χ4v) is 8.35. The Labute approximate surface area is 185 Å². The van der Waals surface area contributed by atoms with Gasteiger partial charge >= 0.3 is 0 Å². The summed E-state index contributed by atoms with van der Waals surface area (Å²) in [7, 11) is -1.72. The zero-order valence-corrected chi connectivity index (χ0v) is 20.5. The van der Waals surface area contributed by atoms with Gasteiger partial charge in [0, 0.05) is 4.47 Å². The summed E-state index contributed by atoms with van der Waals surface area (Å²) in [5, 5.41) is 3.03. The van der Waals surface area contributed by atoms with E-state index in [-0.39, 0.29) is 0 Å². The Balaban J connectivity index is 1.90. The second kappa shape index (κ2) is 9.77. The summed E-state index contributed by atoms with van der Waals surface area (Å²) in [5.74, 6) is 1.47. The number of rotatable bonds is 8. The van der Waals surface area contributed by atoms with Gasteiger partial charge in [0.2, 0.25) is 0 Å². The van der Waals surface area contributed by atoms with E-state index < -0.39 is 8.07 Å². The SMILES string of the molecule is CC[Si](CC)(c1ccc(Br)cc1)c1ccc(-c2cccc(OCC(C)C)c2)cc1. The summed E-state index contributed by atoms with van der Waals surface area (Å²) in [5.41, 5.74) is 2.45. The predicted octanol–water partition coefficient (Wildman–Crippen LogP) is 6.75. The Kier molecular flexibility index (Phi) is 7.37. The molecule has 0 amide bonds. The highest BCUT2D eigenvalue weighted by molar-refractivity contribution is 9.10. The van der Waals surface area contributed by atoms with E-state index in [1.807, 2.05) is 6.07 Å².